The van der Waals surface area contributed by atoms with E-state index in [2.05, 4.69) is 62.1 Å². The summed E-state index contributed by atoms with van der Waals surface area (Å²) in [5.74, 6) is 1.11. The van der Waals surface area contributed by atoms with Gasteiger partial charge < -0.3 is 9.47 Å². The Hall–Kier alpha value is -0.550. The second-order valence-electron chi connectivity index (χ2n) is 5.27. The van der Waals surface area contributed by atoms with Gasteiger partial charge in [-0.1, -0.05) is 0 Å². The molecule has 108 valence electrons. The number of hydrogen-bond acceptors (Lipinski definition) is 2. The second kappa shape index (κ2) is 5.34. The van der Waals surface area contributed by atoms with Gasteiger partial charge in [0, 0.05) is 24.1 Å². The van der Waals surface area contributed by atoms with Gasteiger partial charge in [0.1, 0.15) is 5.52 Å². The van der Waals surface area contributed by atoms with Crippen LogP contribution in [0.1, 0.15) is 31.4 Å². The standard InChI is InChI=1S/C15H19Br2N3/c1-4-19(5-2)15-18-13-12(17)11(16)9(3)10-7-6-8-20(15)14(10)13/h4-8H2,1-3H3. The second-order valence-corrected chi connectivity index (χ2v) is 6.85. The number of aryl methyl sites for hydroxylation is 2. The highest BCUT2D eigenvalue weighted by Gasteiger charge is 2.25. The first kappa shape index (κ1) is 14.4. The summed E-state index contributed by atoms with van der Waals surface area (Å²) in [7, 11) is 0. The summed E-state index contributed by atoms with van der Waals surface area (Å²) in [5.41, 5.74) is 5.22. The minimum atomic E-state index is 0.993. The maximum absolute atomic E-state index is 4.94. The fraction of sp³-hybridized carbons (Fsp3) is 0.533. The van der Waals surface area contributed by atoms with Crippen molar-refractivity contribution < 1.29 is 0 Å². The SMILES string of the molecule is CCN(CC)c1nc2c(Br)c(Br)c(C)c3c2n1CCC3. The summed E-state index contributed by atoms with van der Waals surface area (Å²) in [6.45, 7) is 9.64. The third kappa shape index (κ3) is 1.93. The zero-order chi connectivity index (χ0) is 14.4. The third-order valence-corrected chi connectivity index (χ3v) is 6.57. The lowest BCUT2D eigenvalue weighted by atomic mass is 9.99. The van der Waals surface area contributed by atoms with E-state index < -0.39 is 0 Å². The molecule has 0 saturated carbocycles. The smallest absolute Gasteiger partial charge is 0.206 e. The van der Waals surface area contributed by atoms with E-state index in [-0.39, 0.29) is 0 Å². The number of rotatable bonds is 3. The zero-order valence-electron chi connectivity index (χ0n) is 12.1. The first-order chi connectivity index (χ1) is 9.60. The highest BCUT2D eigenvalue weighted by Crippen LogP contribution is 2.41. The van der Waals surface area contributed by atoms with Gasteiger partial charge in [-0.15, -0.1) is 0 Å². The molecule has 0 unspecified atom stereocenters. The molecule has 0 bridgehead atoms. The summed E-state index contributed by atoms with van der Waals surface area (Å²) < 4.78 is 4.64. The van der Waals surface area contributed by atoms with Gasteiger partial charge in [0.15, 0.2) is 0 Å². The van der Waals surface area contributed by atoms with Crippen LogP contribution in [-0.4, -0.2) is 22.6 Å². The van der Waals surface area contributed by atoms with Crippen molar-refractivity contribution in [3.05, 3.63) is 20.1 Å². The van der Waals surface area contributed by atoms with E-state index in [0.29, 0.717) is 0 Å². The molecule has 2 aromatic rings. The molecule has 0 aliphatic carbocycles. The minimum Gasteiger partial charge on any atom is -0.343 e. The van der Waals surface area contributed by atoms with Gasteiger partial charge in [0.05, 0.1) is 9.99 Å². The van der Waals surface area contributed by atoms with Crippen molar-refractivity contribution in [2.45, 2.75) is 40.2 Å². The fourth-order valence-corrected chi connectivity index (χ4v) is 4.16. The maximum atomic E-state index is 4.94. The maximum Gasteiger partial charge on any atom is 0.206 e. The number of nitrogens with zero attached hydrogens (tertiary/aromatic N) is 3. The predicted octanol–water partition coefficient (Wildman–Crippen LogP) is 4.66. The Kier molecular flexibility index (Phi) is 3.84. The van der Waals surface area contributed by atoms with E-state index in [9.17, 15) is 0 Å². The number of hydrogen-bond donors (Lipinski definition) is 0. The first-order valence-electron chi connectivity index (χ1n) is 7.21. The number of anilines is 1. The Balaban J connectivity index is 2.38. The van der Waals surface area contributed by atoms with Gasteiger partial charge in [0.25, 0.3) is 0 Å². The van der Waals surface area contributed by atoms with Crippen LogP contribution in [0.3, 0.4) is 0 Å². The number of aromatic nitrogens is 2. The van der Waals surface area contributed by atoms with Crippen LogP contribution in [0.5, 0.6) is 0 Å². The van der Waals surface area contributed by atoms with Gasteiger partial charge in [-0.25, -0.2) is 4.98 Å². The number of halogens is 2. The number of benzene rings is 1. The minimum absolute atomic E-state index is 0.993. The van der Waals surface area contributed by atoms with Crippen LogP contribution in [0.4, 0.5) is 5.95 Å². The summed E-state index contributed by atoms with van der Waals surface area (Å²) in [4.78, 5) is 7.28. The van der Waals surface area contributed by atoms with Crippen LogP contribution in [0.15, 0.2) is 8.95 Å². The predicted molar refractivity (Wildman–Crippen MR) is 91.8 cm³/mol. The van der Waals surface area contributed by atoms with E-state index in [1.54, 1.807) is 0 Å². The molecule has 1 aliphatic heterocycles. The van der Waals surface area contributed by atoms with Crippen molar-refractivity contribution >= 4 is 48.8 Å². The molecule has 1 aromatic heterocycles. The van der Waals surface area contributed by atoms with Crippen LogP contribution >= 0.6 is 31.9 Å². The molecule has 0 amide bonds. The topological polar surface area (TPSA) is 21.1 Å². The van der Waals surface area contributed by atoms with Crippen LogP contribution in [-0.2, 0) is 13.0 Å². The summed E-state index contributed by atoms with van der Waals surface area (Å²) >= 11 is 7.43. The highest BCUT2D eigenvalue weighted by molar-refractivity contribution is 9.13. The zero-order valence-corrected chi connectivity index (χ0v) is 15.3. The summed E-state index contributed by atoms with van der Waals surface area (Å²) in [6.07, 6.45) is 2.35. The van der Waals surface area contributed by atoms with E-state index in [4.69, 9.17) is 4.98 Å². The van der Waals surface area contributed by atoms with Crippen LogP contribution in [0.25, 0.3) is 11.0 Å². The Morgan fingerprint density at radius 2 is 1.90 bits per heavy atom. The average Bonchev–Trinajstić information content (AvgIpc) is 2.85. The molecular formula is C15H19Br2N3. The van der Waals surface area contributed by atoms with Gasteiger partial charge in [-0.05, 0) is 76.6 Å². The fourth-order valence-electron chi connectivity index (χ4n) is 3.16. The largest absolute Gasteiger partial charge is 0.343 e. The van der Waals surface area contributed by atoms with Crippen molar-refractivity contribution in [3.63, 3.8) is 0 Å². The molecule has 3 rings (SSSR count). The molecule has 0 fully saturated rings. The lowest BCUT2D eigenvalue weighted by molar-refractivity contribution is 0.618. The molecule has 1 aromatic carbocycles. The van der Waals surface area contributed by atoms with E-state index in [0.717, 1.165) is 46.5 Å². The molecule has 0 N–H and O–H groups in total. The molecule has 0 saturated heterocycles. The average molecular weight is 401 g/mol. The summed E-state index contributed by atoms with van der Waals surface area (Å²) in [5, 5.41) is 0. The van der Waals surface area contributed by atoms with Crippen molar-refractivity contribution in [3.8, 4) is 0 Å². The van der Waals surface area contributed by atoms with E-state index in [1.165, 1.54) is 23.1 Å². The van der Waals surface area contributed by atoms with Gasteiger partial charge in [-0.2, -0.15) is 0 Å². The van der Waals surface area contributed by atoms with Crippen molar-refractivity contribution in [1.29, 1.82) is 0 Å². The Labute approximate surface area is 136 Å². The highest BCUT2D eigenvalue weighted by atomic mass is 79.9. The lowest BCUT2D eigenvalue weighted by Gasteiger charge is -2.24. The Bertz CT molecular complexity index is 672. The van der Waals surface area contributed by atoms with Crippen LogP contribution in [0.2, 0.25) is 0 Å². The van der Waals surface area contributed by atoms with Crippen molar-refractivity contribution in [1.82, 2.24) is 9.55 Å². The molecule has 20 heavy (non-hydrogen) atoms. The van der Waals surface area contributed by atoms with Crippen LogP contribution < -0.4 is 4.90 Å². The molecule has 0 spiro atoms. The first-order valence-corrected chi connectivity index (χ1v) is 8.80. The quantitative estimate of drug-likeness (QED) is 0.746. The van der Waals surface area contributed by atoms with Gasteiger partial charge in [-0.3, -0.25) is 0 Å². The van der Waals surface area contributed by atoms with E-state index in [1.807, 2.05) is 0 Å². The molecule has 5 heteroatoms. The molecule has 0 radical (unpaired) electrons. The molecule has 3 nitrogen and oxygen atoms in total. The Morgan fingerprint density at radius 3 is 2.55 bits per heavy atom. The van der Waals surface area contributed by atoms with Gasteiger partial charge >= 0.3 is 0 Å². The van der Waals surface area contributed by atoms with Crippen molar-refractivity contribution in [2.75, 3.05) is 18.0 Å². The monoisotopic (exact) mass is 399 g/mol. The van der Waals surface area contributed by atoms with Crippen molar-refractivity contribution in [2.24, 2.45) is 0 Å². The molecule has 2 heterocycles. The van der Waals surface area contributed by atoms with E-state index >= 15 is 0 Å². The third-order valence-electron chi connectivity index (χ3n) is 4.27. The number of imidazole rings is 1. The van der Waals surface area contributed by atoms with Crippen LogP contribution in [0, 0.1) is 6.92 Å². The molecule has 1 aliphatic rings. The normalized spacial score (nSPS) is 14.1. The summed E-state index contributed by atoms with van der Waals surface area (Å²) in [6, 6.07) is 0. The Morgan fingerprint density at radius 1 is 1.20 bits per heavy atom. The molecular weight excluding hydrogens is 382 g/mol. The van der Waals surface area contributed by atoms with Gasteiger partial charge in [0.2, 0.25) is 5.95 Å². The molecule has 0 atom stereocenters. The lowest BCUT2D eigenvalue weighted by Crippen LogP contribution is -2.26.